The molecule has 0 saturated carbocycles. The van der Waals surface area contributed by atoms with Crippen LogP contribution in [0.15, 0.2) is 24.3 Å². The van der Waals surface area contributed by atoms with Gasteiger partial charge in [-0.2, -0.15) is 0 Å². The summed E-state index contributed by atoms with van der Waals surface area (Å²) >= 11 is 1.23. The molecule has 1 heterocycles. The smallest absolute Gasteiger partial charge is 0.351 e. The molecule has 2 aromatic rings. The summed E-state index contributed by atoms with van der Waals surface area (Å²) in [6.07, 6.45) is -0.972. The molecule has 1 unspecified atom stereocenters. The first-order valence-corrected chi connectivity index (χ1v) is 8.16. The van der Waals surface area contributed by atoms with Gasteiger partial charge in [0.25, 0.3) is 5.91 Å². The van der Waals surface area contributed by atoms with Crippen LogP contribution in [0.25, 0.3) is 0 Å². The van der Waals surface area contributed by atoms with E-state index in [0.717, 1.165) is 5.01 Å². The summed E-state index contributed by atoms with van der Waals surface area (Å²) in [5.41, 5.74) is 1.55. The summed E-state index contributed by atoms with van der Waals surface area (Å²) in [6, 6.07) is 6.57. The van der Waals surface area contributed by atoms with Gasteiger partial charge in [-0.25, -0.2) is 9.78 Å². The Balaban J connectivity index is 2.02. The molecule has 126 valence electrons. The van der Waals surface area contributed by atoms with Crippen LogP contribution in [0.2, 0.25) is 0 Å². The van der Waals surface area contributed by atoms with Crippen molar-refractivity contribution >= 4 is 34.7 Å². The highest BCUT2D eigenvalue weighted by Gasteiger charge is 2.22. The van der Waals surface area contributed by atoms with E-state index < -0.39 is 18.0 Å². The Kier molecular flexibility index (Phi) is 5.46. The number of rotatable bonds is 5. The Hall–Kier alpha value is -2.54. The first-order chi connectivity index (χ1) is 11.3. The van der Waals surface area contributed by atoms with E-state index in [1.165, 1.54) is 25.2 Å². The largest absolute Gasteiger partial charge is 0.448 e. The van der Waals surface area contributed by atoms with Crippen LogP contribution >= 0.6 is 11.3 Å². The molecule has 0 saturated heterocycles. The number of aromatic nitrogens is 1. The standard InChI is InChI=1S/C17H18N2O4S/c1-9-15(24-12(4)18-9)17(22)23-11(3)16(21)19-14-7-5-6-13(8-14)10(2)20/h5-8,11H,1-4H3,(H,19,21). The van der Waals surface area contributed by atoms with Crippen LogP contribution in [0.5, 0.6) is 0 Å². The fourth-order valence-electron chi connectivity index (χ4n) is 2.05. The number of hydrogen-bond acceptors (Lipinski definition) is 6. The summed E-state index contributed by atoms with van der Waals surface area (Å²) in [7, 11) is 0. The van der Waals surface area contributed by atoms with Crippen molar-refractivity contribution in [3.63, 3.8) is 0 Å². The highest BCUT2D eigenvalue weighted by Crippen LogP contribution is 2.19. The number of aryl methyl sites for hydroxylation is 2. The number of carbonyl (C=O) groups is 3. The number of Topliss-reactive ketones (excluding diaryl/α,β-unsaturated/α-hetero) is 1. The molecule has 0 radical (unpaired) electrons. The molecule has 0 bridgehead atoms. The number of ether oxygens (including phenoxy) is 1. The summed E-state index contributed by atoms with van der Waals surface area (Å²) in [5, 5.41) is 3.39. The van der Waals surface area contributed by atoms with E-state index in [4.69, 9.17) is 4.74 Å². The monoisotopic (exact) mass is 346 g/mol. The number of benzene rings is 1. The van der Waals surface area contributed by atoms with Gasteiger partial charge >= 0.3 is 5.97 Å². The maximum atomic E-state index is 12.2. The molecule has 1 atom stereocenters. The van der Waals surface area contributed by atoms with Gasteiger partial charge in [0.2, 0.25) is 0 Å². The van der Waals surface area contributed by atoms with E-state index in [-0.39, 0.29) is 5.78 Å². The highest BCUT2D eigenvalue weighted by atomic mass is 32.1. The quantitative estimate of drug-likeness (QED) is 0.664. The van der Waals surface area contributed by atoms with Crippen molar-refractivity contribution in [3.8, 4) is 0 Å². The van der Waals surface area contributed by atoms with Crippen molar-refractivity contribution in [1.29, 1.82) is 0 Å². The van der Waals surface area contributed by atoms with Crippen molar-refractivity contribution < 1.29 is 19.1 Å². The average Bonchev–Trinajstić information content (AvgIpc) is 2.86. The molecule has 0 fully saturated rings. The van der Waals surface area contributed by atoms with Gasteiger partial charge in [-0.15, -0.1) is 11.3 Å². The molecular formula is C17H18N2O4S. The fraction of sp³-hybridized carbons (Fsp3) is 0.294. The fourth-order valence-corrected chi connectivity index (χ4v) is 2.85. The van der Waals surface area contributed by atoms with Crippen LogP contribution in [-0.4, -0.2) is 28.7 Å². The number of anilines is 1. The Bertz CT molecular complexity index is 798. The second kappa shape index (κ2) is 7.35. The Morgan fingerprint density at radius 1 is 1.25 bits per heavy atom. The molecule has 0 aliphatic carbocycles. The van der Waals surface area contributed by atoms with Crippen molar-refractivity contribution in [2.24, 2.45) is 0 Å². The first kappa shape index (κ1) is 17.8. The van der Waals surface area contributed by atoms with Gasteiger partial charge in [0.1, 0.15) is 4.88 Å². The zero-order chi connectivity index (χ0) is 17.9. The van der Waals surface area contributed by atoms with Crippen molar-refractivity contribution in [2.45, 2.75) is 33.8 Å². The number of hydrogen-bond donors (Lipinski definition) is 1. The molecule has 0 aliphatic heterocycles. The van der Waals surface area contributed by atoms with E-state index in [2.05, 4.69) is 10.3 Å². The third-order valence-corrected chi connectivity index (χ3v) is 4.33. The predicted octanol–water partition coefficient (Wildman–Crippen LogP) is 3.15. The lowest BCUT2D eigenvalue weighted by molar-refractivity contribution is -0.123. The highest BCUT2D eigenvalue weighted by molar-refractivity contribution is 7.13. The number of nitrogens with one attached hydrogen (secondary N) is 1. The molecule has 0 aliphatic rings. The number of carbonyl (C=O) groups excluding carboxylic acids is 3. The minimum Gasteiger partial charge on any atom is -0.448 e. The Labute approximate surface area is 143 Å². The summed E-state index contributed by atoms with van der Waals surface area (Å²) in [5.74, 6) is -1.14. The average molecular weight is 346 g/mol. The van der Waals surface area contributed by atoms with Crippen LogP contribution in [-0.2, 0) is 9.53 Å². The molecule has 1 amide bonds. The number of amides is 1. The van der Waals surface area contributed by atoms with Crippen LogP contribution < -0.4 is 5.32 Å². The van der Waals surface area contributed by atoms with E-state index in [0.29, 0.717) is 21.8 Å². The second-order valence-electron chi connectivity index (χ2n) is 5.32. The normalized spacial score (nSPS) is 11.7. The zero-order valence-corrected chi connectivity index (χ0v) is 14.7. The van der Waals surface area contributed by atoms with Gasteiger partial charge in [-0.3, -0.25) is 9.59 Å². The number of ketones is 1. The maximum Gasteiger partial charge on any atom is 0.351 e. The molecule has 7 heteroatoms. The van der Waals surface area contributed by atoms with Crippen LogP contribution in [0.3, 0.4) is 0 Å². The molecule has 1 aromatic carbocycles. The van der Waals surface area contributed by atoms with E-state index in [1.807, 2.05) is 0 Å². The van der Waals surface area contributed by atoms with Gasteiger partial charge in [0.05, 0.1) is 10.7 Å². The topological polar surface area (TPSA) is 85.4 Å². The van der Waals surface area contributed by atoms with Gasteiger partial charge in [-0.05, 0) is 39.8 Å². The van der Waals surface area contributed by atoms with Crippen LogP contribution in [0.1, 0.15) is 44.6 Å². The minimum atomic E-state index is -0.972. The van der Waals surface area contributed by atoms with E-state index >= 15 is 0 Å². The van der Waals surface area contributed by atoms with Gasteiger partial charge in [-0.1, -0.05) is 12.1 Å². The number of esters is 1. The lowest BCUT2D eigenvalue weighted by atomic mass is 10.1. The molecular weight excluding hydrogens is 328 g/mol. The van der Waals surface area contributed by atoms with Gasteiger partial charge in [0.15, 0.2) is 11.9 Å². The van der Waals surface area contributed by atoms with Crippen molar-refractivity contribution in [1.82, 2.24) is 4.98 Å². The van der Waals surface area contributed by atoms with E-state index in [9.17, 15) is 14.4 Å². The molecule has 1 N–H and O–H groups in total. The van der Waals surface area contributed by atoms with Gasteiger partial charge < -0.3 is 10.1 Å². The molecule has 6 nitrogen and oxygen atoms in total. The number of thiazole rings is 1. The Morgan fingerprint density at radius 3 is 2.54 bits per heavy atom. The first-order valence-electron chi connectivity index (χ1n) is 7.35. The zero-order valence-electron chi connectivity index (χ0n) is 13.9. The number of nitrogens with zero attached hydrogens (tertiary/aromatic N) is 1. The molecule has 1 aromatic heterocycles. The maximum absolute atomic E-state index is 12.2. The third-order valence-electron chi connectivity index (χ3n) is 3.28. The molecule has 2 rings (SSSR count). The van der Waals surface area contributed by atoms with Crippen molar-refractivity contribution in [2.75, 3.05) is 5.32 Å². The summed E-state index contributed by atoms with van der Waals surface area (Å²) in [4.78, 5) is 40.2. The van der Waals surface area contributed by atoms with Crippen molar-refractivity contribution in [3.05, 3.63) is 45.4 Å². The van der Waals surface area contributed by atoms with E-state index in [1.54, 1.807) is 38.1 Å². The minimum absolute atomic E-state index is 0.0957. The Morgan fingerprint density at radius 2 is 1.96 bits per heavy atom. The predicted molar refractivity (Wildman–Crippen MR) is 91.5 cm³/mol. The summed E-state index contributed by atoms with van der Waals surface area (Å²) in [6.45, 7) is 6.46. The van der Waals surface area contributed by atoms with Crippen LogP contribution in [0, 0.1) is 13.8 Å². The van der Waals surface area contributed by atoms with Gasteiger partial charge in [0, 0.05) is 11.3 Å². The SMILES string of the molecule is CC(=O)c1cccc(NC(=O)C(C)OC(=O)c2sc(C)nc2C)c1. The lowest BCUT2D eigenvalue weighted by Crippen LogP contribution is -2.30. The second-order valence-corrected chi connectivity index (χ2v) is 6.52. The summed E-state index contributed by atoms with van der Waals surface area (Å²) < 4.78 is 5.19. The molecule has 24 heavy (non-hydrogen) atoms. The third kappa shape index (κ3) is 4.26. The van der Waals surface area contributed by atoms with Crippen LogP contribution in [0.4, 0.5) is 5.69 Å². The molecule has 0 spiro atoms. The lowest BCUT2D eigenvalue weighted by Gasteiger charge is -2.13.